The lowest BCUT2D eigenvalue weighted by atomic mass is 10.0. The van der Waals surface area contributed by atoms with Crippen LogP contribution in [-0.2, 0) is 0 Å². The van der Waals surface area contributed by atoms with Gasteiger partial charge in [-0.15, -0.1) is 0 Å². The third kappa shape index (κ3) is 1.89. The maximum absolute atomic E-state index is 13.0. The number of fused-ring (bicyclic) bond motifs is 1. The summed E-state index contributed by atoms with van der Waals surface area (Å²) < 4.78 is 40.7. The average molecular weight is 346 g/mol. The first-order chi connectivity index (χ1) is 9.39. The van der Waals surface area contributed by atoms with E-state index >= 15 is 0 Å². The SMILES string of the molecule is Nc1ncnn2c(Br)cc(C3=CCN=C3C(F)(F)F)c12. The Morgan fingerprint density at radius 2 is 2.10 bits per heavy atom. The van der Waals surface area contributed by atoms with Crippen molar-refractivity contribution < 1.29 is 13.2 Å². The van der Waals surface area contributed by atoms with Crippen molar-refractivity contribution in [3.8, 4) is 0 Å². The number of allylic oxidation sites excluding steroid dienone is 1. The second-order valence-electron chi connectivity index (χ2n) is 4.09. The Kier molecular flexibility index (Phi) is 2.82. The van der Waals surface area contributed by atoms with Crippen molar-refractivity contribution in [2.45, 2.75) is 6.18 Å². The van der Waals surface area contributed by atoms with E-state index in [4.69, 9.17) is 5.73 Å². The van der Waals surface area contributed by atoms with E-state index in [2.05, 4.69) is 31.0 Å². The van der Waals surface area contributed by atoms with Crippen LogP contribution in [0.2, 0.25) is 0 Å². The second-order valence-corrected chi connectivity index (χ2v) is 4.90. The summed E-state index contributed by atoms with van der Waals surface area (Å²) in [6.45, 7) is -0.00721. The third-order valence-electron chi connectivity index (χ3n) is 2.90. The van der Waals surface area contributed by atoms with Crippen LogP contribution >= 0.6 is 15.9 Å². The van der Waals surface area contributed by atoms with Crippen molar-refractivity contribution in [3.05, 3.63) is 28.6 Å². The van der Waals surface area contributed by atoms with E-state index in [9.17, 15) is 13.2 Å². The van der Waals surface area contributed by atoms with Crippen molar-refractivity contribution in [1.29, 1.82) is 0 Å². The van der Waals surface area contributed by atoms with Crippen molar-refractivity contribution >= 4 is 38.5 Å². The number of anilines is 1. The predicted molar refractivity (Wildman–Crippen MR) is 71.4 cm³/mol. The maximum Gasteiger partial charge on any atom is 0.433 e. The second kappa shape index (κ2) is 4.30. The van der Waals surface area contributed by atoms with Crippen molar-refractivity contribution in [2.75, 3.05) is 12.3 Å². The molecule has 0 saturated heterocycles. The quantitative estimate of drug-likeness (QED) is 0.863. The van der Waals surface area contributed by atoms with Gasteiger partial charge in [-0.1, -0.05) is 6.08 Å². The molecule has 0 unspecified atom stereocenters. The molecule has 0 radical (unpaired) electrons. The minimum Gasteiger partial charge on any atom is -0.382 e. The van der Waals surface area contributed by atoms with Crippen LogP contribution in [0.4, 0.5) is 19.0 Å². The molecule has 104 valence electrons. The van der Waals surface area contributed by atoms with E-state index in [1.54, 1.807) is 0 Å². The lowest BCUT2D eigenvalue weighted by molar-refractivity contribution is -0.0570. The van der Waals surface area contributed by atoms with Gasteiger partial charge in [0.1, 0.15) is 22.2 Å². The molecule has 20 heavy (non-hydrogen) atoms. The summed E-state index contributed by atoms with van der Waals surface area (Å²) in [5, 5.41) is 3.95. The number of hydrogen-bond donors (Lipinski definition) is 1. The number of aromatic nitrogens is 3. The largest absolute Gasteiger partial charge is 0.433 e. The molecule has 0 bridgehead atoms. The number of nitrogen functional groups attached to an aromatic ring is 1. The highest BCUT2D eigenvalue weighted by Gasteiger charge is 2.40. The zero-order valence-electron chi connectivity index (χ0n) is 9.82. The molecule has 2 aromatic rings. The van der Waals surface area contributed by atoms with E-state index in [1.807, 2.05) is 0 Å². The number of aliphatic imine (C=N–C) groups is 1. The molecule has 3 rings (SSSR count). The van der Waals surface area contributed by atoms with Gasteiger partial charge in [-0.2, -0.15) is 18.3 Å². The van der Waals surface area contributed by atoms with Gasteiger partial charge < -0.3 is 5.73 Å². The molecule has 0 aliphatic carbocycles. The van der Waals surface area contributed by atoms with Crippen LogP contribution < -0.4 is 5.73 Å². The van der Waals surface area contributed by atoms with E-state index in [1.165, 1.54) is 23.0 Å². The van der Waals surface area contributed by atoms with Crippen LogP contribution in [0.15, 0.2) is 28.1 Å². The van der Waals surface area contributed by atoms with Gasteiger partial charge in [0.05, 0.1) is 6.54 Å². The van der Waals surface area contributed by atoms with Crippen LogP contribution in [-0.4, -0.2) is 33.0 Å². The molecule has 3 heterocycles. The van der Waals surface area contributed by atoms with E-state index in [0.717, 1.165) is 0 Å². The van der Waals surface area contributed by atoms with Gasteiger partial charge in [-0.25, -0.2) is 9.50 Å². The molecule has 2 aromatic heterocycles. The van der Waals surface area contributed by atoms with Gasteiger partial charge in [0.15, 0.2) is 5.82 Å². The van der Waals surface area contributed by atoms with E-state index in [-0.39, 0.29) is 17.9 Å². The van der Waals surface area contributed by atoms with Crippen molar-refractivity contribution in [1.82, 2.24) is 14.6 Å². The van der Waals surface area contributed by atoms with Crippen molar-refractivity contribution in [3.63, 3.8) is 0 Å². The fourth-order valence-corrected chi connectivity index (χ4v) is 2.62. The lowest BCUT2D eigenvalue weighted by Crippen LogP contribution is -2.22. The Balaban J connectivity index is 2.24. The van der Waals surface area contributed by atoms with Gasteiger partial charge in [0.25, 0.3) is 0 Å². The summed E-state index contributed by atoms with van der Waals surface area (Å²) >= 11 is 3.24. The van der Waals surface area contributed by atoms with Gasteiger partial charge in [0.2, 0.25) is 0 Å². The molecule has 1 aliphatic heterocycles. The fourth-order valence-electron chi connectivity index (χ4n) is 2.12. The molecular weight excluding hydrogens is 339 g/mol. The number of hydrogen-bond acceptors (Lipinski definition) is 4. The van der Waals surface area contributed by atoms with Gasteiger partial charge in [-0.3, -0.25) is 4.99 Å². The zero-order valence-corrected chi connectivity index (χ0v) is 11.4. The van der Waals surface area contributed by atoms with Crippen LogP contribution in [0.25, 0.3) is 11.1 Å². The molecule has 0 fully saturated rings. The summed E-state index contributed by atoms with van der Waals surface area (Å²) in [6, 6.07) is 1.53. The minimum absolute atomic E-state index is 0.00204. The summed E-state index contributed by atoms with van der Waals surface area (Å²) in [4.78, 5) is 7.32. The van der Waals surface area contributed by atoms with Gasteiger partial charge >= 0.3 is 6.18 Å². The molecular formula is C11H7BrF3N5. The number of halogens is 4. The maximum atomic E-state index is 13.0. The Hall–Kier alpha value is -1.90. The standard InChI is InChI=1S/C11H7BrF3N5/c12-7-3-6(8-10(16)18-4-19-20(7)8)5-1-2-17-9(5)11(13,14)15/h1,3-4H,2H2,(H2,16,18,19). The first-order valence-electron chi connectivity index (χ1n) is 5.50. The third-order valence-corrected chi connectivity index (χ3v) is 3.46. The molecule has 0 amide bonds. The zero-order chi connectivity index (χ0) is 14.5. The number of nitrogens with zero attached hydrogens (tertiary/aromatic N) is 4. The molecule has 0 saturated carbocycles. The number of rotatable bonds is 1. The lowest BCUT2D eigenvalue weighted by Gasteiger charge is -2.10. The molecule has 2 N–H and O–H groups in total. The molecule has 0 atom stereocenters. The topological polar surface area (TPSA) is 68.6 Å². The number of nitrogens with two attached hydrogens (primary N) is 1. The fraction of sp³-hybridized carbons (Fsp3) is 0.182. The van der Waals surface area contributed by atoms with Crippen LogP contribution in [0.1, 0.15) is 5.56 Å². The predicted octanol–water partition coefficient (Wildman–Crippen LogP) is 2.47. The van der Waals surface area contributed by atoms with Gasteiger partial charge in [0, 0.05) is 11.1 Å². The highest BCUT2D eigenvalue weighted by atomic mass is 79.9. The van der Waals surface area contributed by atoms with Crippen LogP contribution in [0.3, 0.4) is 0 Å². The van der Waals surface area contributed by atoms with Crippen LogP contribution in [0, 0.1) is 0 Å². The van der Waals surface area contributed by atoms with Gasteiger partial charge in [-0.05, 0) is 22.0 Å². The smallest absolute Gasteiger partial charge is 0.382 e. The van der Waals surface area contributed by atoms with E-state index < -0.39 is 11.9 Å². The van der Waals surface area contributed by atoms with Crippen molar-refractivity contribution in [2.24, 2.45) is 4.99 Å². The summed E-state index contributed by atoms with van der Waals surface area (Å²) in [5.74, 6) is 0.107. The Morgan fingerprint density at radius 1 is 1.35 bits per heavy atom. The Morgan fingerprint density at radius 3 is 2.80 bits per heavy atom. The minimum atomic E-state index is -4.51. The summed E-state index contributed by atoms with van der Waals surface area (Å²) in [7, 11) is 0. The molecule has 1 aliphatic rings. The highest BCUT2D eigenvalue weighted by molar-refractivity contribution is 9.10. The average Bonchev–Trinajstić information content (AvgIpc) is 2.94. The normalized spacial score (nSPS) is 15.6. The van der Waals surface area contributed by atoms with Crippen LogP contribution in [0.5, 0.6) is 0 Å². The molecule has 0 spiro atoms. The number of alkyl halides is 3. The first-order valence-corrected chi connectivity index (χ1v) is 6.29. The summed E-state index contributed by atoms with van der Waals surface area (Å²) in [5.41, 5.74) is 5.48. The highest BCUT2D eigenvalue weighted by Crippen LogP contribution is 2.36. The molecule has 5 nitrogen and oxygen atoms in total. The Labute approximate surface area is 119 Å². The monoisotopic (exact) mass is 345 g/mol. The molecule has 9 heteroatoms. The molecule has 0 aromatic carbocycles. The summed E-state index contributed by atoms with van der Waals surface area (Å²) in [6.07, 6.45) is -1.86. The Bertz CT molecular complexity index is 759. The first kappa shape index (κ1) is 13.1. The van der Waals surface area contributed by atoms with E-state index in [0.29, 0.717) is 15.7 Å².